The lowest BCUT2D eigenvalue weighted by atomic mass is 10.0. The number of hydrogen-bond donors (Lipinski definition) is 1. The molecule has 2 heterocycles. The first-order valence-electron chi connectivity index (χ1n) is 6.88. The number of halogens is 1. The SMILES string of the molecule is O=S1(=O)CCC(CNc2ncnc3cc(Cl)ccc23)CC1. The summed E-state index contributed by atoms with van der Waals surface area (Å²) in [6.45, 7) is 0.726. The van der Waals surface area contributed by atoms with E-state index >= 15 is 0 Å². The number of aromatic nitrogens is 2. The van der Waals surface area contributed by atoms with E-state index in [0.717, 1.165) is 23.3 Å². The highest BCUT2D eigenvalue weighted by Crippen LogP contribution is 2.24. The van der Waals surface area contributed by atoms with E-state index in [1.807, 2.05) is 12.1 Å². The summed E-state index contributed by atoms with van der Waals surface area (Å²) in [6, 6.07) is 5.51. The number of hydrogen-bond acceptors (Lipinski definition) is 5. The second-order valence-corrected chi connectivity index (χ2v) is 8.10. The highest BCUT2D eigenvalue weighted by molar-refractivity contribution is 7.91. The van der Waals surface area contributed by atoms with Gasteiger partial charge in [-0.05, 0) is 37.0 Å². The summed E-state index contributed by atoms with van der Waals surface area (Å²) in [4.78, 5) is 8.47. The van der Waals surface area contributed by atoms with Gasteiger partial charge in [-0.1, -0.05) is 11.6 Å². The Hall–Kier alpha value is -1.40. The molecule has 2 aromatic rings. The normalized spacial score (nSPS) is 18.7. The molecule has 1 fully saturated rings. The van der Waals surface area contributed by atoms with E-state index in [9.17, 15) is 8.42 Å². The van der Waals surface area contributed by atoms with E-state index in [1.54, 1.807) is 6.07 Å². The van der Waals surface area contributed by atoms with Crippen LogP contribution in [0.2, 0.25) is 5.02 Å². The van der Waals surface area contributed by atoms with Crippen molar-refractivity contribution in [3.8, 4) is 0 Å². The fraction of sp³-hybridized carbons (Fsp3) is 0.429. The van der Waals surface area contributed by atoms with Gasteiger partial charge in [0.05, 0.1) is 17.0 Å². The van der Waals surface area contributed by atoms with Crippen molar-refractivity contribution in [2.75, 3.05) is 23.4 Å². The molecule has 1 N–H and O–H groups in total. The molecule has 7 heteroatoms. The van der Waals surface area contributed by atoms with Crippen LogP contribution in [0, 0.1) is 5.92 Å². The van der Waals surface area contributed by atoms with Gasteiger partial charge in [0, 0.05) is 17.0 Å². The minimum atomic E-state index is -2.81. The van der Waals surface area contributed by atoms with Crippen LogP contribution in [0.25, 0.3) is 10.9 Å². The van der Waals surface area contributed by atoms with Gasteiger partial charge in [-0.25, -0.2) is 18.4 Å². The molecule has 1 aliphatic rings. The Kier molecular flexibility index (Phi) is 3.99. The third-order valence-corrected chi connectivity index (χ3v) is 5.78. The predicted molar refractivity (Wildman–Crippen MR) is 84.4 cm³/mol. The molecule has 112 valence electrons. The molecule has 0 amide bonds. The van der Waals surface area contributed by atoms with Crippen LogP contribution in [0.1, 0.15) is 12.8 Å². The highest BCUT2D eigenvalue weighted by atomic mass is 35.5. The Morgan fingerprint density at radius 3 is 2.76 bits per heavy atom. The van der Waals surface area contributed by atoms with Crippen molar-refractivity contribution in [2.45, 2.75) is 12.8 Å². The number of anilines is 1. The zero-order chi connectivity index (χ0) is 14.9. The highest BCUT2D eigenvalue weighted by Gasteiger charge is 2.23. The van der Waals surface area contributed by atoms with Crippen LogP contribution in [0.15, 0.2) is 24.5 Å². The summed E-state index contributed by atoms with van der Waals surface area (Å²) in [5.41, 5.74) is 0.797. The van der Waals surface area contributed by atoms with Crippen molar-refractivity contribution in [1.29, 1.82) is 0 Å². The van der Waals surface area contributed by atoms with Crippen LogP contribution in [-0.2, 0) is 9.84 Å². The van der Waals surface area contributed by atoms with Crippen molar-refractivity contribution in [3.05, 3.63) is 29.5 Å². The Labute approximate surface area is 128 Å². The second-order valence-electron chi connectivity index (χ2n) is 5.36. The maximum atomic E-state index is 11.4. The van der Waals surface area contributed by atoms with Gasteiger partial charge >= 0.3 is 0 Å². The van der Waals surface area contributed by atoms with Crippen molar-refractivity contribution in [3.63, 3.8) is 0 Å². The van der Waals surface area contributed by atoms with Gasteiger partial charge in [-0.3, -0.25) is 0 Å². The molecule has 1 aromatic carbocycles. The van der Waals surface area contributed by atoms with E-state index in [4.69, 9.17) is 11.6 Å². The van der Waals surface area contributed by atoms with E-state index in [2.05, 4.69) is 15.3 Å². The monoisotopic (exact) mass is 325 g/mol. The van der Waals surface area contributed by atoms with Gasteiger partial charge in [0.15, 0.2) is 0 Å². The summed E-state index contributed by atoms with van der Waals surface area (Å²) in [7, 11) is -2.81. The number of fused-ring (bicyclic) bond motifs is 1. The maximum Gasteiger partial charge on any atom is 0.150 e. The molecular weight excluding hydrogens is 310 g/mol. The van der Waals surface area contributed by atoms with Crippen molar-refractivity contribution >= 4 is 38.2 Å². The third kappa shape index (κ3) is 3.44. The standard InChI is InChI=1S/C14H16ClN3O2S/c15-11-1-2-12-13(7-11)17-9-18-14(12)16-8-10-3-5-21(19,20)6-4-10/h1-2,7,9-10H,3-6,8H2,(H,16,17,18). The molecular formula is C14H16ClN3O2S. The third-order valence-electron chi connectivity index (χ3n) is 3.83. The molecule has 0 bridgehead atoms. The topological polar surface area (TPSA) is 72.0 Å². The molecule has 0 saturated carbocycles. The lowest BCUT2D eigenvalue weighted by Gasteiger charge is -2.22. The molecule has 0 unspecified atom stereocenters. The van der Waals surface area contributed by atoms with Crippen LogP contribution in [0.4, 0.5) is 5.82 Å². The van der Waals surface area contributed by atoms with E-state index < -0.39 is 9.84 Å². The fourth-order valence-electron chi connectivity index (χ4n) is 2.56. The predicted octanol–water partition coefficient (Wildman–Crippen LogP) is 2.52. The first-order chi connectivity index (χ1) is 10.0. The number of nitrogens with one attached hydrogen (secondary N) is 1. The molecule has 0 atom stereocenters. The Morgan fingerprint density at radius 1 is 1.24 bits per heavy atom. The molecule has 1 saturated heterocycles. The van der Waals surface area contributed by atoms with Gasteiger partial charge in [0.1, 0.15) is 22.0 Å². The van der Waals surface area contributed by atoms with E-state index in [0.29, 0.717) is 35.3 Å². The van der Waals surface area contributed by atoms with Gasteiger partial charge in [-0.15, -0.1) is 0 Å². The smallest absolute Gasteiger partial charge is 0.150 e. The van der Waals surface area contributed by atoms with Gasteiger partial charge in [0.2, 0.25) is 0 Å². The summed E-state index contributed by atoms with van der Waals surface area (Å²) in [5, 5.41) is 4.88. The van der Waals surface area contributed by atoms with Crippen LogP contribution in [-0.4, -0.2) is 36.4 Å². The Morgan fingerprint density at radius 2 is 2.00 bits per heavy atom. The zero-order valence-corrected chi connectivity index (χ0v) is 13.0. The van der Waals surface area contributed by atoms with Gasteiger partial charge < -0.3 is 5.32 Å². The molecule has 0 spiro atoms. The van der Waals surface area contributed by atoms with Crippen LogP contribution >= 0.6 is 11.6 Å². The van der Waals surface area contributed by atoms with E-state index in [-0.39, 0.29) is 0 Å². The lowest BCUT2D eigenvalue weighted by Crippen LogP contribution is -2.27. The van der Waals surface area contributed by atoms with Gasteiger partial charge in [0.25, 0.3) is 0 Å². The lowest BCUT2D eigenvalue weighted by molar-refractivity contribution is 0.484. The number of sulfone groups is 1. The second kappa shape index (κ2) is 5.77. The summed E-state index contributed by atoms with van der Waals surface area (Å²) in [5.74, 6) is 1.72. The first kappa shape index (κ1) is 14.5. The Bertz CT molecular complexity index is 750. The Balaban J connectivity index is 1.71. The number of nitrogens with zero attached hydrogens (tertiary/aromatic N) is 2. The number of benzene rings is 1. The molecule has 0 aliphatic carbocycles. The van der Waals surface area contributed by atoms with Crippen molar-refractivity contribution < 1.29 is 8.42 Å². The fourth-order valence-corrected chi connectivity index (χ4v) is 4.31. The van der Waals surface area contributed by atoms with Crippen molar-refractivity contribution in [1.82, 2.24) is 9.97 Å². The minimum Gasteiger partial charge on any atom is -0.369 e. The largest absolute Gasteiger partial charge is 0.369 e. The summed E-state index contributed by atoms with van der Waals surface area (Å²) in [6.07, 6.45) is 2.93. The minimum absolute atomic E-state index is 0.291. The summed E-state index contributed by atoms with van der Waals surface area (Å²) < 4.78 is 22.8. The average molecular weight is 326 g/mol. The molecule has 21 heavy (non-hydrogen) atoms. The zero-order valence-electron chi connectivity index (χ0n) is 11.4. The number of rotatable bonds is 3. The van der Waals surface area contributed by atoms with Crippen LogP contribution in [0.5, 0.6) is 0 Å². The molecule has 0 radical (unpaired) electrons. The molecule has 1 aromatic heterocycles. The van der Waals surface area contributed by atoms with Crippen LogP contribution < -0.4 is 5.32 Å². The van der Waals surface area contributed by atoms with E-state index in [1.165, 1.54) is 6.33 Å². The van der Waals surface area contributed by atoms with Crippen molar-refractivity contribution in [2.24, 2.45) is 5.92 Å². The van der Waals surface area contributed by atoms with Gasteiger partial charge in [-0.2, -0.15) is 0 Å². The quantitative estimate of drug-likeness (QED) is 0.938. The molecule has 1 aliphatic heterocycles. The first-order valence-corrected chi connectivity index (χ1v) is 9.08. The summed E-state index contributed by atoms with van der Waals surface area (Å²) >= 11 is 5.96. The van der Waals surface area contributed by atoms with Crippen LogP contribution in [0.3, 0.4) is 0 Å². The maximum absolute atomic E-state index is 11.4. The average Bonchev–Trinajstić information content (AvgIpc) is 2.45. The molecule has 5 nitrogen and oxygen atoms in total. The molecule has 3 rings (SSSR count).